The van der Waals surface area contributed by atoms with E-state index in [1.54, 1.807) is 12.1 Å². The molecule has 4 nitrogen and oxygen atoms in total. The first-order chi connectivity index (χ1) is 9.97. The third kappa shape index (κ3) is 4.09. The number of nitro benzene ring substituents is 1. The Labute approximate surface area is 130 Å². The summed E-state index contributed by atoms with van der Waals surface area (Å²) in [7, 11) is 0. The van der Waals surface area contributed by atoms with E-state index in [1.807, 2.05) is 19.1 Å². The molecule has 0 amide bonds. The van der Waals surface area contributed by atoms with Gasteiger partial charge in [0.2, 0.25) is 0 Å². The first kappa shape index (κ1) is 15.6. The van der Waals surface area contributed by atoms with Crippen molar-refractivity contribution >= 4 is 21.6 Å². The van der Waals surface area contributed by atoms with Crippen molar-refractivity contribution in [3.63, 3.8) is 0 Å². The highest BCUT2D eigenvalue weighted by Gasteiger charge is 2.13. The van der Waals surface area contributed by atoms with Gasteiger partial charge in [-0.3, -0.25) is 10.1 Å². The molecular weight excluding hydrogens is 339 g/mol. The van der Waals surface area contributed by atoms with Crippen LogP contribution in [0.15, 0.2) is 46.9 Å². The van der Waals surface area contributed by atoms with E-state index in [9.17, 15) is 14.5 Å². The monoisotopic (exact) mass is 352 g/mol. The summed E-state index contributed by atoms with van der Waals surface area (Å²) in [5.74, 6) is -0.277. The van der Waals surface area contributed by atoms with Crippen molar-refractivity contribution in [3.05, 3.63) is 74.0 Å². The van der Waals surface area contributed by atoms with Crippen LogP contribution in [0.2, 0.25) is 0 Å². The topological polar surface area (TPSA) is 55.2 Å². The molecule has 0 saturated heterocycles. The van der Waals surface area contributed by atoms with Crippen LogP contribution in [0.25, 0.3) is 0 Å². The lowest BCUT2D eigenvalue weighted by Crippen LogP contribution is -2.18. The Bertz CT molecular complexity index is 664. The zero-order valence-corrected chi connectivity index (χ0v) is 12.9. The number of nitro groups is 1. The molecule has 2 aromatic rings. The van der Waals surface area contributed by atoms with Crippen molar-refractivity contribution in [3.8, 4) is 0 Å². The molecule has 0 bridgehead atoms. The quantitative estimate of drug-likeness (QED) is 0.642. The molecule has 2 aromatic carbocycles. The number of nitrogens with zero attached hydrogens (tertiary/aromatic N) is 1. The summed E-state index contributed by atoms with van der Waals surface area (Å²) in [4.78, 5) is 10.5. The van der Waals surface area contributed by atoms with E-state index >= 15 is 0 Å². The summed E-state index contributed by atoms with van der Waals surface area (Å²) in [5.41, 5.74) is 1.67. The van der Waals surface area contributed by atoms with Crippen LogP contribution < -0.4 is 5.32 Å². The van der Waals surface area contributed by atoms with Gasteiger partial charge in [0.05, 0.1) is 9.40 Å². The number of halogens is 2. The molecule has 0 spiro atoms. The summed E-state index contributed by atoms with van der Waals surface area (Å²) >= 11 is 3.15. The van der Waals surface area contributed by atoms with Crippen molar-refractivity contribution in [1.82, 2.24) is 5.32 Å². The van der Waals surface area contributed by atoms with Gasteiger partial charge in [-0.2, -0.15) is 0 Å². The third-order valence-electron chi connectivity index (χ3n) is 3.17. The Morgan fingerprint density at radius 3 is 2.76 bits per heavy atom. The number of benzene rings is 2. The maximum atomic E-state index is 13.2. The van der Waals surface area contributed by atoms with Crippen molar-refractivity contribution in [2.75, 3.05) is 0 Å². The lowest BCUT2D eigenvalue weighted by molar-refractivity contribution is -0.385. The van der Waals surface area contributed by atoms with Gasteiger partial charge in [0, 0.05) is 18.7 Å². The Morgan fingerprint density at radius 1 is 1.33 bits per heavy atom. The van der Waals surface area contributed by atoms with Crippen molar-refractivity contribution in [2.24, 2.45) is 0 Å². The minimum Gasteiger partial charge on any atom is -0.306 e. The van der Waals surface area contributed by atoms with E-state index in [4.69, 9.17) is 0 Å². The predicted molar refractivity (Wildman–Crippen MR) is 82.5 cm³/mol. The second kappa shape index (κ2) is 6.78. The third-order valence-corrected chi connectivity index (χ3v) is 3.84. The lowest BCUT2D eigenvalue weighted by atomic mass is 10.1. The van der Waals surface area contributed by atoms with Gasteiger partial charge in [0.1, 0.15) is 5.82 Å². The molecule has 2 rings (SSSR count). The van der Waals surface area contributed by atoms with Gasteiger partial charge in [-0.15, -0.1) is 0 Å². The minimum atomic E-state index is -0.427. The van der Waals surface area contributed by atoms with Crippen LogP contribution in [0, 0.1) is 15.9 Å². The molecule has 0 heterocycles. The average molecular weight is 353 g/mol. The van der Waals surface area contributed by atoms with Gasteiger partial charge in [0.15, 0.2) is 0 Å². The van der Waals surface area contributed by atoms with E-state index in [2.05, 4.69) is 21.2 Å². The zero-order valence-electron chi connectivity index (χ0n) is 11.3. The van der Waals surface area contributed by atoms with Gasteiger partial charge in [-0.25, -0.2) is 4.39 Å². The molecule has 21 heavy (non-hydrogen) atoms. The number of hydrogen-bond donors (Lipinski definition) is 1. The molecule has 0 aliphatic rings. The van der Waals surface area contributed by atoms with Crippen LogP contribution in [0.3, 0.4) is 0 Å². The molecule has 0 aliphatic carbocycles. The molecule has 0 saturated carbocycles. The van der Waals surface area contributed by atoms with Gasteiger partial charge >= 0.3 is 0 Å². The first-order valence-corrected chi connectivity index (χ1v) is 7.18. The fourth-order valence-electron chi connectivity index (χ4n) is 1.97. The Balaban J connectivity index is 2.06. The van der Waals surface area contributed by atoms with Crippen molar-refractivity contribution in [1.29, 1.82) is 0 Å². The second-order valence-electron chi connectivity index (χ2n) is 4.70. The zero-order chi connectivity index (χ0) is 15.4. The molecule has 110 valence electrons. The normalized spacial score (nSPS) is 12.1. The molecular formula is C15H14BrFN2O2. The van der Waals surface area contributed by atoms with Gasteiger partial charge < -0.3 is 5.32 Å². The predicted octanol–water partition coefficient (Wildman–Crippen LogP) is 4.35. The smallest absolute Gasteiger partial charge is 0.283 e. The summed E-state index contributed by atoms with van der Waals surface area (Å²) in [6.07, 6.45) is 0. The standard InChI is InChI=1S/C15H14BrFN2O2/c1-10(12-3-2-4-13(17)8-12)18-9-11-5-6-14(16)15(7-11)19(20)21/h2-8,10,18H,9H2,1H3. The Morgan fingerprint density at radius 2 is 2.10 bits per heavy atom. The average Bonchev–Trinajstić information content (AvgIpc) is 2.45. The SMILES string of the molecule is CC(NCc1ccc(Br)c([N+](=O)[O-])c1)c1cccc(F)c1. The number of rotatable bonds is 5. The molecule has 0 radical (unpaired) electrons. The first-order valence-electron chi connectivity index (χ1n) is 6.39. The molecule has 1 unspecified atom stereocenters. The number of nitrogens with one attached hydrogen (secondary N) is 1. The van der Waals surface area contributed by atoms with Crippen LogP contribution in [0.5, 0.6) is 0 Å². The molecule has 1 atom stereocenters. The maximum absolute atomic E-state index is 13.2. The summed E-state index contributed by atoms with van der Waals surface area (Å²) < 4.78 is 13.6. The fourth-order valence-corrected chi connectivity index (χ4v) is 2.36. The Hall–Kier alpha value is -1.79. The summed E-state index contributed by atoms with van der Waals surface area (Å²) in [6, 6.07) is 11.3. The number of hydrogen-bond acceptors (Lipinski definition) is 3. The second-order valence-corrected chi connectivity index (χ2v) is 5.55. The maximum Gasteiger partial charge on any atom is 0.283 e. The molecule has 6 heteroatoms. The fraction of sp³-hybridized carbons (Fsp3) is 0.200. The van der Waals surface area contributed by atoms with Gasteiger partial charge in [-0.05, 0) is 52.2 Å². The Kier molecular flexibility index (Phi) is 5.03. The summed E-state index contributed by atoms with van der Waals surface area (Å²) in [6.45, 7) is 2.38. The molecule has 0 aromatic heterocycles. The van der Waals surface area contributed by atoms with Crippen LogP contribution in [-0.4, -0.2) is 4.92 Å². The van der Waals surface area contributed by atoms with E-state index in [0.29, 0.717) is 11.0 Å². The highest BCUT2D eigenvalue weighted by atomic mass is 79.9. The highest BCUT2D eigenvalue weighted by Crippen LogP contribution is 2.26. The van der Waals surface area contributed by atoms with Crippen LogP contribution in [0.4, 0.5) is 10.1 Å². The minimum absolute atomic E-state index is 0.0349. The van der Waals surface area contributed by atoms with Gasteiger partial charge in [-0.1, -0.05) is 18.2 Å². The van der Waals surface area contributed by atoms with E-state index in [0.717, 1.165) is 11.1 Å². The van der Waals surface area contributed by atoms with Crippen LogP contribution in [-0.2, 0) is 6.54 Å². The van der Waals surface area contributed by atoms with Crippen LogP contribution >= 0.6 is 15.9 Å². The largest absolute Gasteiger partial charge is 0.306 e. The van der Waals surface area contributed by atoms with Gasteiger partial charge in [0.25, 0.3) is 5.69 Å². The highest BCUT2D eigenvalue weighted by molar-refractivity contribution is 9.10. The molecule has 0 aliphatic heterocycles. The van der Waals surface area contributed by atoms with E-state index in [1.165, 1.54) is 18.2 Å². The molecule has 0 fully saturated rings. The van der Waals surface area contributed by atoms with Crippen molar-refractivity contribution in [2.45, 2.75) is 19.5 Å². The molecule has 1 N–H and O–H groups in total. The summed E-state index contributed by atoms with van der Waals surface area (Å²) in [5, 5.41) is 14.1. The van der Waals surface area contributed by atoms with E-state index < -0.39 is 4.92 Å². The lowest BCUT2D eigenvalue weighted by Gasteiger charge is -2.14. The van der Waals surface area contributed by atoms with E-state index in [-0.39, 0.29) is 17.5 Å². The van der Waals surface area contributed by atoms with Crippen molar-refractivity contribution < 1.29 is 9.31 Å². The van der Waals surface area contributed by atoms with Crippen LogP contribution in [0.1, 0.15) is 24.1 Å².